The third-order valence-corrected chi connectivity index (χ3v) is 6.82. The Bertz CT molecular complexity index is 1070. The highest BCUT2D eigenvalue weighted by atomic mass is 35.5. The standard InChI is InChI=1S/C21H23ClN2O3S/c1-14(2)24(28(25,26)19-9-7-17(22)8-10-19)13-18-12-21(27-23-18)20-11-15(3)5-6-16(20)4/h5-12,14H,13H2,1-4H3. The number of rotatable bonds is 6. The number of aromatic nitrogens is 1. The summed E-state index contributed by atoms with van der Waals surface area (Å²) in [5.41, 5.74) is 3.70. The molecule has 0 spiro atoms. The first-order valence-electron chi connectivity index (χ1n) is 8.99. The molecule has 0 aliphatic rings. The second-order valence-electron chi connectivity index (χ2n) is 7.10. The van der Waals surface area contributed by atoms with Crippen LogP contribution >= 0.6 is 11.6 Å². The van der Waals surface area contributed by atoms with Crippen LogP contribution in [0.4, 0.5) is 0 Å². The first kappa shape index (κ1) is 20.6. The fourth-order valence-electron chi connectivity index (χ4n) is 2.96. The molecule has 1 heterocycles. The highest BCUT2D eigenvalue weighted by molar-refractivity contribution is 7.89. The van der Waals surface area contributed by atoms with Gasteiger partial charge in [-0.3, -0.25) is 0 Å². The quantitative estimate of drug-likeness (QED) is 0.551. The van der Waals surface area contributed by atoms with Crippen molar-refractivity contribution >= 4 is 21.6 Å². The van der Waals surface area contributed by atoms with Crippen molar-refractivity contribution in [2.45, 2.75) is 45.2 Å². The number of halogens is 1. The number of hydrogen-bond donors (Lipinski definition) is 0. The first-order chi connectivity index (χ1) is 13.2. The van der Waals surface area contributed by atoms with E-state index in [-0.39, 0.29) is 17.5 Å². The lowest BCUT2D eigenvalue weighted by Crippen LogP contribution is -2.36. The third kappa shape index (κ3) is 4.29. The average Bonchev–Trinajstić information content (AvgIpc) is 3.10. The molecule has 0 aliphatic heterocycles. The third-order valence-electron chi connectivity index (χ3n) is 4.53. The minimum absolute atomic E-state index is 0.122. The van der Waals surface area contributed by atoms with Crippen LogP contribution in [0.1, 0.15) is 30.7 Å². The Morgan fingerprint density at radius 2 is 1.75 bits per heavy atom. The normalized spacial score (nSPS) is 12.1. The van der Waals surface area contributed by atoms with Crippen LogP contribution in [0.5, 0.6) is 0 Å². The summed E-state index contributed by atoms with van der Waals surface area (Å²) in [6.07, 6.45) is 0. The van der Waals surface area contributed by atoms with Gasteiger partial charge >= 0.3 is 0 Å². The van der Waals surface area contributed by atoms with E-state index in [1.165, 1.54) is 16.4 Å². The van der Waals surface area contributed by atoms with Gasteiger partial charge in [-0.2, -0.15) is 4.31 Å². The van der Waals surface area contributed by atoms with Gasteiger partial charge in [-0.15, -0.1) is 0 Å². The summed E-state index contributed by atoms with van der Waals surface area (Å²) >= 11 is 5.89. The molecule has 0 atom stereocenters. The Kier molecular flexibility index (Phi) is 5.93. The van der Waals surface area contributed by atoms with Crippen molar-refractivity contribution in [2.75, 3.05) is 0 Å². The van der Waals surface area contributed by atoms with Crippen LogP contribution in [0.15, 0.2) is 57.9 Å². The van der Waals surface area contributed by atoms with Crippen molar-refractivity contribution in [1.82, 2.24) is 9.46 Å². The molecule has 148 valence electrons. The molecule has 2 aromatic carbocycles. The van der Waals surface area contributed by atoms with E-state index in [9.17, 15) is 8.42 Å². The van der Waals surface area contributed by atoms with E-state index in [1.54, 1.807) is 18.2 Å². The van der Waals surface area contributed by atoms with Crippen molar-refractivity contribution in [3.05, 3.63) is 70.4 Å². The van der Waals surface area contributed by atoms with Crippen molar-refractivity contribution in [2.24, 2.45) is 0 Å². The van der Waals surface area contributed by atoms with Crippen LogP contribution in [0.3, 0.4) is 0 Å². The fourth-order valence-corrected chi connectivity index (χ4v) is 4.70. The van der Waals surface area contributed by atoms with Crippen molar-refractivity contribution < 1.29 is 12.9 Å². The van der Waals surface area contributed by atoms with Crippen molar-refractivity contribution in [3.8, 4) is 11.3 Å². The van der Waals surface area contributed by atoms with Gasteiger partial charge in [0, 0.05) is 22.7 Å². The van der Waals surface area contributed by atoms with Crippen LogP contribution in [0.25, 0.3) is 11.3 Å². The Balaban J connectivity index is 1.91. The molecule has 3 aromatic rings. The highest BCUT2D eigenvalue weighted by Crippen LogP contribution is 2.27. The minimum Gasteiger partial charge on any atom is -0.356 e. The Hall–Kier alpha value is -2.15. The molecule has 0 radical (unpaired) electrons. The second-order valence-corrected chi connectivity index (χ2v) is 9.43. The zero-order valence-corrected chi connectivity index (χ0v) is 17.9. The summed E-state index contributed by atoms with van der Waals surface area (Å²) in [5.74, 6) is 0.629. The topological polar surface area (TPSA) is 63.4 Å². The summed E-state index contributed by atoms with van der Waals surface area (Å²) in [7, 11) is -3.69. The van der Waals surface area contributed by atoms with Crippen molar-refractivity contribution in [1.29, 1.82) is 0 Å². The van der Waals surface area contributed by atoms with Crippen LogP contribution in [-0.4, -0.2) is 23.9 Å². The summed E-state index contributed by atoms with van der Waals surface area (Å²) in [6, 6.07) is 13.8. The smallest absolute Gasteiger partial charge is 0.243 e. The van der Waals surface area contributed by atoms with E-state index in [2.05, 4.69) is 5.16 Å². The lowest BCUT2D eigenvalue weighted by Gasteiger charge is -2.25. The van der Waals surface area contributed by atoms with Gasteiger partial charge < -0.3 is 4.52 Å². The van der Waals surface area contributed by atoms with Crippen molar-refractivity contribution in [3.63, 3.8) is 0 Å². The maximum Gasteiger partial charge on any atom is 0.243 e. The molecule has 0 aliphatic carbocycles. The lowest BCUT2D eigenvalue weighted by atomic mass is 10.0. The van der Waals surface area contributed by atoms with Gasteiger partial charge in [-0.25, -0.2) is 8.42 Å². The maximum absolute atomic E-state index is 13.1. The molecule has 7 heteroatoms. The molecule has 0 unspecified atom stereocenters. The van der Waals surface area contributed by atoms with E-state index >= 15 is 0 Å². The van der Waals surface area contributed by atoms with Crippen LogP contribution in [0.2, 0.25) is 5.02 Å². The number of benzene rings is 2. The molecule has 5 nitrogen and oxygen atoms in total. The van der Waals surface area contributed by atoms with Gasteiger partial charge in [0.1, 0.15) is 0 Å². The van der Waals surface area contributed by atoms with Gasteiger partial charge in [0.05, 0.1) is 17.1 Å². The monoisotopic (exact) mass is 418 g/mol. The largest absolute Gasteiger partial charge is 0.356 e. The highest BCUT2D eigenvalue weighted by Gasteiger charge is 2.28. The molecule has 0 N–H and O–H groups in total. The fraction of sp³-hybridized carbons (Fsp3) is 0.286. The van der Waals surface area contributed by atoms with Gasteiger partial charge in [-0.1, -0.05) is 34.5 Å². The van der Waals surface area contributed by atoms with Gasteiger partial charge in [-0.05, 0) is 63.6 Å². The van der Waals surface area contributed by atoms with Crippen LogP contribution in [0, 0.1) is 13.8 Å². The van der Waals surface area contributed by atoms with E-state index in [1.807, 2.05) is 45.9 Å². The molecule has 0 fully saturated rings. The zero-order valence-electron chi connectivity index (χ0n) is 16.3. The number of nitrogens with zero attached hydrogens (tertiary/aromatic N) is 2. The number of hydrogen-bond acceptors (Lipinski definition) is 4. The SMILES string of the molecule is Cc1ccc(C)c(-c2cc(CN(C(C)C)S(=O)(=O)c3ccc(Cl)cc3)no2)c1. The van der Waals surface area contributed by atoms with E-state index < -0.39 is 10.0 Å². The lowest BCUT2D eigenvalue weighted by molar-refractivity contribution is 0.332. The van der Waals surface area contributed by atoms with Gasteiger partial charge in [0.2, 0.25) is 10.0 Å². The minimum atomic E-state index is -3.69. The van der Waals surface area contributed by atoms with Gasteiger partial charge in [0.25, 0.3) is 0 Å². The summed E-state index contributed by atoms with van der Waals surface area (Å²) < 4.78 is 33.1. The maximum atomic E-state index is 13.1. The van der Waals surface area contributed by atoms with E-state index in [0.717, 1.165) is 16.7 Å². The van der Waals surface area contributed by atoms with Gasteiger partial charge in [0.15, 0.2) is 5.76 Å². The Labute approximate surface area is 171 Å². The predicted molar refractivity (Wildman–Crippen MR) is 111 cm³/mol. The molecule has 3 rings (SSSR count). The molecule has 0 amide bonds. The summed E-state index contributed by atoms with van der Waals surface area (Å²) in [6.45, 7) is 7.80. The van der Waals surface area contributed by atoms with Crippen LogP contribution < -0.4 is 0 Å². The molecule has 1 aromatic heterocycles. The summed E-state index contributed by atoms with van der Waals surface area (Å²) in [4.78, 5) is 0.198. The molecule has 0 bridgehead atoms. The molecule has 0 saturated carbocycles. The van der Waals surface area contributed by atoms with E-state index in [0.29, 0.717) is 16.5 Å². The number of sulfonamides is 1. The predicted octanol–water partition coefficient (Wildman–Crippen LogP) is 5.21. The summed E-state index contributed by atoms with van der Waals surface area (Å²) in [5, 5.41) is 4.60. The van der Waals surface area contributed by atoms with E-state index in [4.69, 9.17) is 16.1 Å². The Morgan fingerprint density at radius 3 is 2.39 bits per heavy atom. The number of aryl methyl sites for hydroxylation is 2. The zero-order chi connectivity index (χ0) is 20.5. The Morgan fingerprint density at radius 1 is 1.07 bits per heavy atom. The average molecular weight is 419 g/mol. The first-order valence-corrected chi connectivity index (χ1v) is 10.8. The van der Waals surface area contributed by atoms with Crippen LogP contribution in [-0.2, 0) is 16.6 Å². The molecule has 0 saturated heterocycles. The molecular formula is C21H23ClN2O3S. The second kappa shape index (κ2) is 8.07. The molecule has 28 heavy (non-hydrogen) atoms. The molecular weight excluding hydrogens is 396 g/mol.